The van der Waals surface area contributed by atoms with Gasteiger partial charge in [-0.25, -0.2) is 0 Å². The Bertz CT molecular complexity index is 857. The number of Topliss-reactive ketones (excluding diaryl/α,β-unsaturated/α-hetero) is 1. The molecule has 0 saturated carbocycles. The van der Waals surface area contributed by atoms with Gasteiger partial charge in [0.05, 0.1) is 5.69 Å². The first-order valence-electron chi connectivity index (χ1n) is 12.3. The Morgan fingerprint density at radius 3 is 2.41 bits per heavy atom. The molecule has 6 rings (SSSR count). The van der Waals surface area contributed by atoms with Crippen LogP contribution in [-0.2, 0) is 0 Å². The molecule has 1 aromatic heterocycles. The van der Waals surface area contributed by atoms with Crippen molar-refractivity contribution in [3.05, 3.63) is 29.1 Å². The molecule has 0 aromatic carbocycles. The van der Waals surface area contributed by atoms with Gasteiger partial charge >= 0.3 is 0 Å². The standard InChI is InChI=1S/C26H36N2O/c1-17-13-21-5-3-11-26(12-4-6-22(14-17)28(21)26)16-19-15-20-7-10-25(29)24-9-8-23(18(19)2)27(20)24/h8-9,17,20-22H,3-7,10-16H2,1-2H3. The Morgan fingerprint density at radius 1 is 1.00 bits per heavy atom. The van der Waals surface area contributed by atoms with Crippen molar-refractivity contribution in [1.82, 2.24) is 9.47 Å². The van der Waals surface area contributed by atoms with Gasteiger partial charge in [-0.2, -0.15) is 0 Å². The highest BCUT2D eigenvalue weighted by atomic mass is 16.1. The molecule has 1 aromatic rings. The van der Waals surface area contributed by atoms with E-state index in [1.54, 1.807) is 5.57 Å². The van der Waals surface area contributed by atoms with Crippen molar-refractivity contribution in [3.63, 3.8) is 0 Å². The summed E-state index contributed by atoms with van der Waals surface area (Å²) in [6.45, 7) is 4.83. The number of rotatable bonds is 2. The monoisotopic (exact) mass is 392 g/mol. The van der Waals surface area contributed by atoms with Crippen LogP contribution < -0.4 is 0 Å². The van der Waals surface area contributed by atoms with Gasteiger partial charge in [-0.15, -0.1) is 0 Å². The van der Waals surface area contributed by atoms with Crippen molar-refractivity contribution in [2.45, 2.75) is 115 Å². The van der Waals surface area contributed by atoms with Crippen LogP contribution in [0.25, 0.3) is 5.57 Å². The summed E-state index contributed by atoms with van der Waals surface area (Å²) >= 11 is 0. The van der Waals surface area contributed by atoms with E-state index in [0.717, 1.165) is 36.5 Å². The van der Waals surface area contributed by atoms with Crippen molar-refractivity contribution < 1.29 is 4.79 Å². The van der Waals surface area contributed by atoms with Crippen LogP contribution in [0.4, 0.5) is 0 Å². The van der Waals surface area contributed by atoms with Crippen molar-refractivity contribution in [1.29, 1.82) is 0 Å². The lowest BCUT2D eigenvalue weighted by Crippen LogP contribution is -2.65. The van der Waals surface area contributed by atoms with E-state index in [4.69, 9.17) is 0 Å². The molecule has 5 aliphatic rings. The summed E-state index contributed by atoms with van der Waals surface area (Å²) < 4.78 is 2.39. The zero-order valence-corrected chi connectivity index (χ0v) is 18.3. The summed E-state index contributed by atoms with van der Waals surface area (Å²) in [7, 11) is 0. The molecule has 0 bridgehead atoms. The third kappa shape index (κ3) is 2.69. The van der Waals surface area contributed by atoms with Crippen molar-refractivity contribution >= 4 is 11.4 Å². The number of hydrogen-bond acceptors (Lipinski definition) is 2. The summed E-state index contributed by atoms with van der Waals surface area (Å²) in [6.07, 6.45) is 15.6. The number of allylic oxidation sites excluding steroid dienone is 1. The normalized spacial score (nSPS) is 39.3. The summed E-state index contributed by atoms with van der Waals surface area (Å²) in [5, 5.41) is 0. The number of hydrogen-bond donors (Lipinski definition) is 0. The van der Waals surface area contributed by atoms with Gasteiger partial charge in [0.2, 0.25) is 0 Å². The maximum Gasteiger partial charge on any atom is 0.179 e. The molecule has 0 N–H and O–H groups in total. The third-order valence-corrected chi connectivity index (χ3v) is 9.25. The van der Waals surface area contributed by atoms with E-state index < -0.39 is 0 Å². The average molecular weight is 393 g/mol. The predicted octanol–water partition coefficient (Wildman–Crippen LogP) is 6.15. The average Bonchev–Trinajstić information content (AvgIpc) is 3.15. The van der Waals surface area contributed by atoms with Gasteiger partial charge in [0.25, 0.3) is 0 Å². The molecule has 3 unspecified atom stereocenters. The van der Waals surface area contributed by atoms with Crippen LogP contribution in [0.2, 0.25) is 0 Å². The molecule has 0 spiro atoms. The highest BCUT2D eigenvalue weighted by Gasteiger charge is 2.51. The van der Waals surface area contributed by atoms with Crippen LogP contribution in [0.3, 0.4) is 0 Å². The maximum atomic E-state index is 12.4. The topological polar surface area (TPSA) is 25.2 Å². The summed E-state index contributed by atoms with van der Waals surface area (Å²) in [6, 6.07) is 6.51. The van der Waals surface area contributed by atoms with Crippen LogP contribution in [0, 0.1) is 5.92 Å². The second-order valence-corrected chi connectivity index (χ2v) is 11.0. The molecular weight excluding hydrogens is 356 g/mol. The Labute approximate surface area is 175 Å². The molecule has 3 saturated heterocycles. The molecule has 3 nitrogen and oxygen atoms in total. The molecule has 0 aliphatic carbocycles. The minimum atomic E-state index is 0.343. The zero-order chi connectivity index (χ0) is 19.8. The van der Waals surface area contributed by atoms with Gasteiger partial charge in [-0.05, 0) is 88.3 Å². The van der Waals surface area contributed by atoms with Gasteiger partial charge in [-0.1, -0.05) is 25.3 Å². The van der Waals surface area contributed by atoms with Gasteiger partial charge in [-0.3, -0.25) is 9.69 Å². The lowest BCUT2D eigenvalue weighted by Gasteiger charge is -2.61. The predicted molar refractivity (Wildman–Crippen MR) is 117 cm³/mol. The Kier molecular flexibility index (Phi) is 4.18. The lowest BCUT2D eigenvalue weighted by atomic mass is 9.66. The van der Waals surface area contributed by atoms with E-state index in [0.29, 0.717) is 17.4 Å². The molecule has 0 amide bonds. The van der Waals surface area contributed by atoms with E-state index >= 15 is 0 Å². The molecular formula is C26H36N2O. The lowest BCUT2D eigenvalue weighted by molar-refractivity contribution is -0.102. The summed E-state index contributed by atoms with van der Waals surface area (Å²) in [5.74, 6) is 1.25. The van der Waals surface area contributed by atoms with Crippen LogP contribution >= 0.6 is 0 Å². The second-order valence-electron chi connectivity index (χ2n) is 11.0. The Morgan fingerprint density at radius 2 is 1.69 bits per heavy atom. The molecule has 3 atom stereocenters. The fourth-order valence-corrected chi connectivity index (χ4v) is 8.17. The van der Waals surface area contributed by atoms with E-state index in [1.807, 2.05) is 0 Å². The van der Waals surface area contributed by atoms with Crippen LogP contribution in [0.5, 0.6) is 0 Å². The summed E-state index contributed by atoms with van der Waals surface area (Å²) in [5.41, 5.74) is 5.91. The van der Waals surface area contributed by atoms with Gasteiger partial charge in [0, 0.05) is 35.8 Å². The fourth-order valence-electron chi connectivity index (χ4n) is 8.17. The smallest absolute Gasteiger partial charge is 0.179 e. The molecule has 3 fully saturated rings. The number of nitrogens with zero attached hydrogens (tertiary/aromatic N) is 2. The molecule has 0 radical (unpaired) electrons. The van der Waals surface area contributed by atoms with Gasteiger partial charge < -0.3 is 4.57 Å². The molecule has 156 valence electrons. The maximum absolute atomic E-state index is 12.4. The van der Waals surface area contributed by atoms with Gasteiger partial charge in [0.1, 0.15) is 0 Å². The number of aromatic nitrogens is 1. The number of carbonyl (C=O) groups is 1. The SMILES string of the molecule is CC1=C(CC23CCCC4CC(C)CC(CCC2)N43)CC2CCC(=O)c3ccc1n32. The van der Waals surface area contributed by atoms with E-state index in [-0.39, 0.29) is 0 Å². The largest absolute Gasteiger partial charge is 0.335 e. The zero-order valence-electron chi connectivity index (χ0n) is 18.3. The van der Waals surface area contributed by atoms with Crippen LogP contribution in [-0.4, -0.2) is 32.9 Å². The van der Waals surface area contributed by atoms with E-state index in [9.17, 15) is 4.79 Å². The number of ketones is 1. The molecule has 5 aliphatic heterocycles. The quantitative estimate of drug-likeness (QED) is 0.603. The van der Waals surface area contributed by atoms with Crippen LogP contribution in [0.15, 0.2) is 17.7 Å². The first-order valence-corrected chi connectivity index (χ1v) is 12.3. The number of piperidine rings is 3. The molecule has 29 heavy (non-hydrogen) atoms. The van der Waals surface area contributed by atoms with E-state index in [2.05, 4.69) is 35.4 Å². The Balaban J connectivity index is 1.37. The molecule has 6 heterocycles. The minimum Gasteiger partial charge on any atom is -0.335 e. The highest BCUT2D eigenvalue weighted by Crippen LogP contribution is 2.52. The van der Waals surface area contributed by atoms with Crippen molar-refractivity contribution in [2.75, 3.05) is 0 Å². The first kappa shape index (κ1) is 18.4. The van der Waals surface area contributed by atoms with Crippen molar-refractivity contribution in [3.8, 4) is 0 Å². The third-order valence-electron chi connectivity index (χ3n) is 9.25. The first-order chi connectivity index (χ1) is 14.1. The second kappa shape index (κ2) is 6.57. The summed E-state index contributed by atoms with van der Waals surface area (Å²) in [4.78, 5) is 15.4. The minimum absolute atomic E-state index is 0.343. The Hall–Kier alpha value is -1.35. The van der Waals surface area contributed by atoms with Crippen molar-refractivity contribution in [2.24, 2.45) is 5.92 Å². The van der Waals surface area contributed by atoms with Crippen LogP contribution in [0.1, 0.15) is 113 Å². The van der Waals surface area contributed by atoms with E-state index in [1.165, 1.54) is 75.5 Å². The van der Waals surface area contributed by atoms with Gasteiger partial charge in [0.15, 0.2) is 5.78 Å². The fraction of sp³-hybridized carbons (Fsp3) is 0.731. The molecule has 3 heteroatoms. The number of carbonyl (C=O) groups excluding carboxylic acids is 1. The highest BCUT2D eigenvalue weighted by molar-refractivity contribution is 5.96.